The van der Waals surface area contributed by atoms with E-state index in [-0.39, 0.29) is 16.6 Å². The largest absolute Gasteiger partial charge is 0.509 e. The van der Waals surface area contributed by atoms with Gasteiger partial charge in [0.25, 0.3) is 0 Å². The minimum atomic E-state index is -1.59. The lowest BCUT2D eigenvalue weighted by Gasteiger charge is -2.24. The van der Waals surface area contributed by atoms with Crippen LogP contribution in [0.5, 0.6) is 0 Å². The Kier molecular flexibility index (Phi) is 6.16. The van der Waals surface area contributed by atoms with E-state index in [0.29, 0.717) is 0 Å². The zero-order valence-corrected chi connectivity index (χ0v) is 14.9. The minimum Gasteiger partial charge on any atom is -0.456 e. The van der Waals surface area contributed by atoms with Crippen LogP contribution in [0.15, 0.2) is 18.2 Å². The summed E-state index contributed by atoms with van der Waals surface area (Å²) >= 11 is 0. The quantitative estimate of drug-likeness (QED) is 0.482. The van der Waals surface area contributed by atoms with Crippen LogP contribution < -0.4 is 11.4 Å². The average molecular weight is 337 g/mol. The van der Waals surface area contributed by atoms with Gasteiger partial charge in [0, 0.05) is 0 Å². The first-order valence-electron chi connectivity index (χ1n) is 7.49. The summed E-state index contributed by atoms with van der Waals surface area (Å²) in [6.07, 6.45) is 0. The molecular weight excluding hydrogens is 313 g/mol. The number of carbonyl (C=O) groups is 2. The summed E-state index contributed by atoms with van der Waals surface area (Å²) in [7, 11) is -1.59. The third kappa shape index (κ3) is 5.63. The molecule has 8 heteroatoms. The number of nitrogens with two attached hydrogens (primary N) is 1. The first-order valence-corrected chi connectivity index (χ1v) is 7.49. The highest BCUT2D eigenvalue weighted by Gasteiger charge is 2.32. The van der Waals surface area contributed by atoms with Crippen LogP contribution in [-0.4, -0.2) is 35.3 Å². The number of hydrogen-bond donors (Lipinski definition) is 2. The fourth-order valence-electron chi connectivity index (χ4n) is 1.91. The lowest BCUT2D eigenvalue weighted by molar-refractivity contribution is 0.00196. The fourth-order valence-corrected chi connectivity index (χ4v) is 1.91. The lowest BCUT2D eigenvalue weighted by atomic mass is 9.75. The van der Waals surface area contributed by atoms with Crippen LogP contribution in [-0.2, 0) is 14.2 Å². The van der Waals surface area contributed by atoms with Crippen molar-refractivity contribution in [3.8, 4) is 0 Å². The molecular formula is C16H24BNO6. The number of carbonyl (C=O) groups excluding carboxylic acids is 2. The van der Waals surface area contributed by atoms with Crippen molar-refractivity contribution in [1.82, 2.24) is 0 Å². The van der Waals surface area contributed by atoms with Crippen molar-refractivity contribution in [2.24, 2.45) is 5.90 Å². The number of benzene rings is 1. The average Bonchev–Trinajstić information content (AvgIpc) is 2.41. The van der Waals surface area contributed by atoms with Crippen molar-refractivity contribution in [2.45, 2.75) is 52.7 Å². The van der Waals surface area contributed by atoms with Gasteiger partial charge in [-0.15, -0.1) is 0 Å². The number of hydrogen-bond acceptors (Lipinski definition) is 7. The molecule has 1 aromatic rings. The van der Waals surface area contributed by atoms with E-state index in [1.165, 1.54) is 18.2 Å². The van der Waals surface area contributed by atoms with E-state index in [0.717, 1.165) is 0 Å². The van der Waals surface area contributed by atoms with E-state index < -0.39 is 30.3 Å². The molecule has 3 N–H and O–H groups in total. The van der Waals surface area contributed by atoms with Crippen molar-refractivity contribution < 1.29 is 28.8 Å². The van der Waals surface area contributed by atoms with Crippen molar-refractivity contribution in [1.29, 1.82) is 0 Å². The Morgan fingerprint density at radius 1 is 1.00 bits per heavy atom. The molecule has 0 atom stereocenters. The second-order valence-electron chi connectivity index (χ2n) is 7.26. The van der Waals surface area contributed by atoms with Gasteiger partial charge in [-0.2, -0.15) is 0 Å². The van der Waals surface area contributed by atoms with Crippen molar-refractivity contribution >= 4 is 24.5 Å². The smallest absolute Gasteiger partial charge is 0.456 e. The molecule has 0 aliphatic heterocycles. The van der Waals surface area contributed by atoms with Crippen LogP contribution in [0.4, 0.5) is 0 Å². The topological polar surface area (TPSA) is 108 Å². The van der Waals surface area contributed by atoms with Crippen molar-refractivity contribution in [3.05, 3.63) is 29.3 Å². The summed E-state index contributed by atoms with van der Waals surface area (Å²) in [6, 6.07) is 4.33. The Balaban J connectivity index is 3.43. The van der Waals surface area contributed by atoms with Crippen LogP contribution in [0.3, 0.4) is 0 Å². The second kappa shape index (κ2) is 7.33. The molecule has 0 bridgehead atoms. The molecule has 0 heterocycles. The number of rotatable bonds is 4. The van der Waals surface area contributed by atoms with E-state index in [1.54, 1.807) is 41.5 Å². The zero-order valence-electron chi connectivity index (χ0n) is 14.9. The summed E-state index contributed by atoms with van der Waals surface area (Å²) in [4.78, 5) is 25.0. The van der Waals surface area contributed by atoms with Gasteiger partial charge in [0.2, 0.25) is 0 Å². The highest BCUT2D eigenvalue weighted by Crippen LogP contribution is 2.18. The Labute approximate surface area is 142 Å². The van der Waals surface area contributed by atoms with Crippen molar-refractivity contribution in [3.63, 3.8) is 0 Å². The molecule has 1 rings (SSSR count). The molecule has 0 aliphatic rings. The SMILES string of the molecule is CC(C)(C)OC(=O)c1cccc(B(O)ON)c1C(=O)OC(C)(C)C. The van der Waals surface area contributed by atoms with Crippen LogP contribution in [0, 0.1) is 0 Å². The Morgan fingerprint density at radius 3 is 1.96 bits per heavy atom. The zero-order chi connectivity index (χ0) is 18.7. The summed E-state index contributed by atoms with van der Waals surface area (Å²) in [5.74, 6) is 3.51. The van der Waals surface area contributed by atoms with Gasteiger partial charge in [0.15, 0.2) is 0 Å². The first kappa shape index (κ1) is 20.2. The molecule has 0 spiro atoms. The van der Waals surface area contributed by atoms with E-state index in [1.807, 2.05) is 0 Å². The predicted octanol–water partition coefficient (Wildman–Crippen LogP) is 1.17. The molecule has 0 fully saturated rings. The molecule has 0 unspecified atom stereocenters. The summed E-state index contributed by atoms with van der Waals surface area (Å²) < 4.78 is 15.0. The van der Waals surface area contributed by atoms with Crippen molar-refractivity contribution in [2.75, 3.05) is 0 Å². The first-order chi connectivity index (χ1) is 10.9. The summed E-state index contributed by atoms with van der Waals surface area (Å²) in [5.41, 5.74) is -1.69. The molecule has 1 aromatic carbocycles. The molecule has 0 aromatic heterocycles. The molecule has 7 nitrogen and oxygen atoms in total. The maximum Gasteiger partial charge on any atom is 0.509 e. The highest BCUT2D eigenvalue weighted by molar-refractivity contribution is 6.61. The van der Waals surface area contributed by atoms with Crippen LogP contribution in [0.1, 0.15) is 62.3 Å². The van der Waals surface area contributed by atoms with Gasteiger partial charge >= 0.3 is 19.1 Å². The second-order valence-corrected chi connectivity index (χ2v) is 7.26. The van der Waals surface area contributed by atoms with E-state index >= 15 is 0 Å². The number of esters is 2. The van der Waals surface area contributed by atoms with Gasteiger partial charge in [0.05, 0.1) is 11.1 Å². The maximum atomic E-state index is 12.6. The van der Waals surface area contributed by atoms with Gasteiger partial charge in [-0.25, -0.2) is 15.5 Å². The molecule has 0 amide bonds. The molecule has 0 saturated heterocycles. The minimum absolute atomic E-state index is 0.0232. The normalized spacial score (nSPS) is 11.8. The maximum absolute atomic E-state index is 12.6. The molecule has 0 saturated carbocycles. The predicted molar refractivity (Wildman–Crippen MR) is 89.7 cm³/mol. The summed E-state index contributed by atoms with van der Waals surface area (Å²) in [5, 5.41) is 9.89. The van der Waals surface area contributed by atoms with Gasteiger partial charge < -0.3 is 19.3 Å². The van der Waals surface area contributed by atoms with E-state index in [9.17, 15) is 14.6 Å². The van der Waals surface area contributed by atoms with Gasteiger partial charge in [0.1, 0.15) is 11.2 Å². The molecule has 132 valence electrons. The number of ether oxygens (including phenoxy) is 2. The van der Waals surface area contributed by atoms with Gasteiger partial charge in [-0.1, -0.05) is 12.1 Å². The third-order valence-electron chi connectivity index (χ3n) is 2.71. The Morgan fingerprint density at radius 2 is 1.50 bits per heavy atom. The summed E-state index contributed by atoms with van der Waals surface area (Å²) in [6.45, 7) is 10.2. The van der Waals surface area contributed by atoms with Gasteiger partial charge in [-0.3, -0.25) is 0 Å². The third-order valence-corrected chi connectivity index (χ3v) is 2.71. The van der Waals surface area contributed by atoms with Crippen LogP contribution in [0.25, 0.3) is 0 Å². The Bertz CT molecular complexity index is 618. The molecule has 0 aliphatic carbocycles. The van der Waals surface area contributed by atoms with Crippen LogP contribution >= 0.6 is 0 Å². The van der Waals surface area contributed by atoms with E-state index in [4.69, 9.17) is 15.4 Å². The van der Waals surface area contributed by atoms with E-state index in [2.05, 4.69) is 4.76 Å². The van der Waals surface area contributed by atoms with Gasteiger partial charge in [-0.05, 0) is 53.1 Å². The molecule has 24 heavy (non-hydrogen) atoms. The highest BCUT2D eigenvalue weighted by atomic mass is 16.6. The lowest BCUT2D eigenvalue weighted by Crippen LogP contribution is -2.42. The molecule has 0 radical (unpaired) electrons. The standard InChI is InChI=1S/C16H24BNO6/c1-15(2,3)22-13(19)10-8-7-9-11(17(21)24-18)12(10)14(20)23-16(4,5)6/h7-9,21H,18H2,1-6H3. The Hall–Kier alpha value is -1.90. The monoisotopic (exact) mass is 337 g/mol. The van der Waals surface area contributed by atoms with Crippen LogP contribution in [0.2, 0.25) is 0 Å². The fraction of sp³-hybridized carbons (Fsp3) is 0.500.